The van der Waals surface area contributed by atoms with Crippen molar-refractivity contribution in [1.29, 1.82) is 0 Å². The third-order valence-electron chi connectivity index (χ3n) is 3.42. The molecule has 2 aromatic rings. The molecule has 0 bridgehead atoms. The van der Waals surface area contributed by atoms with Gasteiger partial charge in [0, 0.05) is 24.1 Å². The van der Waals surface area contributed by atoms with E-state index in [1.807, 2.05) is 19.9 Å². The van der Waals surface area contributed by atoms with Crippen LogP contribution in [0.4, 0.5) is 5.82 Å². The second-order valence-electron chi connectivity index (χ2n) is 5.11. The van der Waals surface area contributed by atoms with Crippen molar-refractivity contribution in [3.63, 3.8) is 0 Å². The van der Waals surface area contributed by atoms with Crippen molar-refractivity contribution in [1.82, 2.24) is 9.55 Å². The molecule has 2 aromatic heterocycles. The Hall–Kier alpha value is -2.63. The van der Waals surface area contributed by atoms with E-state index < -0.39 is 5.97 Å². The van der Waals surface area contributed by atoms with Gasteiger partial charge >= 0.3 is 5.97 Å². The number of amides is 1. The molecule has 0 fully saturated rings. The molecular formula is C16H19N3O3. The van der Waals surface area contributed by atoms with Crippen molar-refractivity contribution >= 4 is 17.7 Å². The zero-order chi connectivity index (χ0) is 16.3. The van der Waals surface area contributed by atoms with Crippen LogP contribution in [0.5, 0.6) is 0 Å². The van der Waals surface area contributed by atoms with Crippen molar-refractivity contribution in [2.24, 2.45) is 0 Å². The lowest BCUT2D eigenvalue weighted by molar-refractivity contribution is -0.115. The van der Waals surface area contributed by atoms with Gasteiger partial charge in [0.1, 0.15) is 5.82 Å². The number of nitrogens with zero attached hydrogens (tertiary/aromatic N) is 2. The van der Waals surface area contributed by atoms with Crippen LogP contribution in [0, 0.1) is 13.8 Å². The Bertz CT molecular complexity index is 719. The highest BCUT2D eigenvalue weighted by atomic mass is 16.4. The Morgan fingerprint density at radius 1 is 1.32 bits per heavy atom. The van der Waals surface area contributed by atoms with Crippen molar-refractivity contribution in [2.75, 3.05) is 5.32 Å². The summed E-state index contributed by atoms with van der Waals surface area (Å²) in [6, 6.07) is 5.34. The largest absolute Gasteiger partial charge is 0.478 e. The number of pyridine rings is 1. The fraction of sp³-hybridized carbons (Fsp3) is 0.312. The van der Waals surface area contributed by atoms with Gasteiger partial charge in [-0.15, -0.1) is 0 Å². The van der Waals surface area contributed by atoms with Crippen LogP contribution in [-0.4, -0.2) is 26.5 Å². The van der Waals surface area contributed by atoms with Crippen LogP contribution in [0.15, 0.2) is 24.4 Å². The van der Waals surface area contributed by atoms with E-state index in [4.69, 9.17) is 0 Å². The van der Waals surface area contributed by atoms with E-state index in [0.29, 0.717) is 23.6 Å². The van der Waals surface area contributed by atoms with E-state index >= 15 is 0 Å². The maximum absolute atomic E-state index is 12.2. The van der Waals surface area contributed by atoms with Crippen LogP contribution in [0.25, 0.3) is 0 Å². The van der Waals surface area contributed by atoms with E-state index in [9.17, 15) is 14.7 Å². The van der Waals surface area contributed by atoms with Crippen molar-refractivity contribution in [3.05, 3.63) is 46.9 Å². The van der Waals surface area contributed by atoms with Gasteiger partial charge in [-0.3, -0.25) is 4.79 Å². The van der Waals surface area contributed by atoms with Crippen molar-refractivity contribution < 1.29 is 14.7 Å². The van der Waals surface area contributed by atoms with E-state index in [2.05, 4.69) is 10.3 Å². The lowest BCUT2D eigenvalue weighted by atomic mass is 10.1. The number of aryl methyl sites for hydroxylation is 3. The molecule has 6 heteroatoms. The van der Waals surface area contributed by atoms with Crippen LogP contribution in [-0.2, 0) is 17.8 Å². The summed E-state index contributed by atoms with van der Waals surface area (Å²) < 4.78 is 1.79. The maximum Gasteiger partial charge on any atom is 0.337 e. The lowest BCUT2D eigenvalue weighted by Gasteiger charge is -2.09. The zero-order valence-corrected chi connectivity index (χ0v) is 12.9. The molecule has 6 nitrogen and oxygen atoms in total. The van der Waals surface area contributed by atoms with Gasteiger partial charge in [0.2, 0.25) is 5.91 Å². The summed E-state index contributed by atoms with van der Waals surface area (Å²) in [4.78, 5) is 27.8. The van der Waals surface area contributed by atoms with Crippen LogP contribution in [0.3, 0.4) is 0 Å². The van der Waals surface area contributed by atoms with Crippen LogP contribution < -0.4 is 5.32 Å². The maximum atomic E-state index is 12.2. The first-order valence-electron chi connectivity index (χ1n) is 7.07. The lowest BCUT2D eigenvalue weighted by Crippen LogP contribution is -2.19. The minimum Gasteiger partial charge on any atom is -0.478 e. The summed E-state index contributed by atoms with van der Waals surface area (Å²) in [5.74, 6) is -0.831. The van der Waals surface area contributed by atoms with Crippen LogP contribution >= 0.6 is 0 Å². The van der Waals surface area contributed by atoms with Gasteiger partial charge in [-0.1, -0.05) is 6.07 Å². The highest BCUT2D eigenvalue weighted by Crippen LogP contribution is 2.18. The molecule has 2 rings (SSSR count). The van der Waals surface area contributed by atoms with Crippen molar-refractivity contribution in [3.8, 4) is 0 Å². The molecule has 0 spiro atoms. The van der Waals surface area contributed by atoms with E-state index in [1.165, 1.54) is 0 Å². The Kier molecular flexibility index (Phi) is 4.60. The number of carbonyl (C=O) groups is 2. The molecule has 0 atom stereocenters. The number of hydrogen-bond donors (Lipinski definition) is 2. The second-order valence-corrected chi connectivity index (χ2v) is 5.11. The fourth-order valence-corrected chi connectivity index (χ4v) is 2.46. The molecule has 2 heterocycles. The quantitative estimate of drug-likeness (QED) is 0.888. The molecule has 0 aliphatic heterocycles. The average molecular weight is 301 g/mol. The third kappa shape index (κ3) is 3.33. The SMILES string of the molecule is CCn1cc(C)c(C(=O)O)c1CC(=O)Nc1cccc(C)n1. The van der Waals surface area contributed by atoms with Gasteiger partial charge in [0.05, 0.1) is 12.0 Å². The molecule has 0 aliphatic rings. The molecule has 0 unspecified atom stereocenters. The van der Waals surface area contributed by atoms with Crippen molar-refractivity contribution in [2.45, 2.75) is 33.7 Å². The predicted octanol–water partition coefficient (Wildman–Crippen LogP) is 2.40. The van der Waals surface area contributed by atoms with Gasteiger partial charge < -0.3 is 15.0 Å². The smallest absolute Gasteiger partial charge is 0.337 e. The summed E-state index contributed by atoms with van der Waals surface area (Å²) >= 11 is 0. The zero-order valence-electron chi connectivity index (χ0n) is 12.9. The van der Waals surface area contributed by atoms with E-state index in [0.717, 1.165) is 5.69 Å². The first kappa shape index (κ1) is 15.8. The monoisotopic (exact) mass is 301 g/mol. The van der Waals surface area contributed by atoms with E-state index in [1.54, 1.807) is 29.8 Å². The number of aromatic nitrogens is 2. The summed E-state index contributed by atoms with van der Waals surface area (Å²) in [6.07, 6.45) is 1.76. The summed E-state index contributed by atoms with van der Waals surface area (Å²) in [5.41, 5.74) is 2.18. The number of carboxylic acid groups (broad SMARTS) is 1. The van der Waals surface area contributed by atoms with Crippen LogP contribution in [0.2, 0.25) is 0 Å². The average Bonchev–Trinajstić information content (AvgIpc) is 2.74. The first-order chi connectivity index (χ1) is 10.4. The fourth-order valence-electron chi connectivity index (χ4n) is 2.46. The molecule has 0 saturated heterocycles. The normalized spacial score (nSPS) is 10.5. The molecular weight excluding hydrogens is 282 g/mol. The molecule has 116 valence electrons. The Morgan fingerprint density at radius 2 is 2.05 bits per heavy atom. The van der Waals surface area contributed by atoms with E-state index in [-0.39, 0.29) is 17.9 Å². The first-order valence-corrected chi connectivity index (χ1v) is 7.07. The number of aromatic carboxylic acids is 1. The standard InChI is InChI=1S/C16H19N3O3/c1-4-19-9-10(2)15(16(21)22)12(19)8-14(20)18-13-7-5-6-11(3)17-13/h5-7,9H,4,8H2,1-3H3,(H,21,22)(H,17,18,20). The van der Waals surface area contributed by atoms with Gasteiger partial charge in [-0.25, -0.2) is 9.78 Å². The molecule has 0 aliphatic carbocycles. The second kappa shape index (κ2) is 6.43. The summed E-state index contributed by atoms with van der Waals surface area (Å²) in [5, 5.41) is 12.0. The number of rotatable bonds is 5. The van der Waals surface area contributed by atoms with Gasteiger partial charge in [-0.05, 0) is 38.5 Å². The topological polar surface area (TPSA) is 84.2 Å². The van der Waals surface area contributed by atoms with Gasteiger partial charge in [0.25, 0.3) is 0 Å². The highest BCUT2D eigenvalue weighted by Gasteiger charge is 2.20. The van der Waals surface area contributed by atoms with Gasteiger partial charge in [-0.2, -0.15) is 0 Å². The number of hydrogen-bond acceptors (Lipinski definition) is 3. The number of carbonyl (C=O) groups excluding carboxylic acids is 1. The number of nitrogens with one attached hydrogen (secondary N) is 1. The Labute approximate surface area is 128 Å². The summed E-state index contributed by atoms with van der Waals surface area (Å²) in [6.45, 7) is 6.09. The number of anilines is 1. The molecule has 1 amide bonds. The minimum absolute atomic E-state index is 0.00106. The number of carboxylic acids is 1. The molecule has 0 saturated carbocycles. The molecule has 0 aromatic carbocycles. The Balaban J connectivity index is 2.23. The molecule has 22 heavy (non-hydrogen) atoms. The summed E-state index contributed by atoms with van der Waals surface area (Å²) in [7, 11) is 0. The Morgan fingerprint density at radius 3 is 2.64 bits per heavy atom. The molecule has 2 N–H and O–H groups in total. The molecule has 0 radical (unpaired) electrons. The van der Waals surface area contributed by atoms with Gasteiger partial charge in [0.15, 0.2) is 0 Å². The predicted molar refractivity (Wildman–Crippen MR) is 83.1 cm³/mol. The minimum atomic E-state index is -1.01. The third-order valence-corrected chi connectivity index (χ3v) is 3.42. The van der Waals surface area contributed by atoms with Crippen LogP contribution in [0.1, 0.15) is 34.2 Å². The highest BCUT2D eigenvalue weighted by molar-refractivity contribution is 5.96.